The first-order valence-corrected chi connectivity index (χ1v) is 9.99. The Morgan fingerprint density at radius 2 is 1.71 bits per heavy atom. The Kier molecular flexibility index (Phi) is 12.5. The molecule has 0 saturated carbocycles. The smallest absolute Gasteiger partial charge is 0.326 e. The number of esters is 1. The van der Waals surface area contributed by atoms with Crippen LogP contribution in [0.2, 0.25) is 0 Å². The molecule has 2 unspecified atom stereocenters. The number of primary amides is 1. The summed E-state index contributed by atoms with van der Waals surface area (Å²) in [5.74, 6) is -3.11. The summed E-state index contributed by atoms with van der Waals surface area (Å²) in [6.45, 7) is 13.6. The monoisotopic (exact) mass is 438 g/mol. The first-order valence-electron chi connectivity index (χ1n) is 9.99. The number of carbonyl (C=O) groups excluding carboxylic acids is 5. The van der Waals surface area contributed by atoms with Crippen LogP contribution in [-0.2, 0) is 28.7 Å². The second-order valence-electron chi connectivity index (χ2n) is 7.44. The fraction of sp³-hybridized carbons (Fsp3) is 0.571. The van der Waals surface area contributed by atoms with Gasteiger partial charge in [0.05, 0.1) is 13.0 Å². The van der Waals surface area contributed by atoms with Gasteiger partial charge in [-0.2, -0.15) is 0 Å². The molecular weight excluding hydrogens is 404 g/mol. The zero-order valence-electron chi connectivity index (χ0n) is 18.8. The number of nitrogens with zero attached hydrogens (tertiary/aromatic N) is 1. The molecule has 4 N–H and O–H groups in total. The van der Waals surface area contributed by atoms with Crippen LogP contribution in [0.3, 0.4) is 0 Å². The number of hydrogen-bond donors (Lipinski definition) is 3. The Morgan fingerprint density at radius 1 is 1.10 bits per heavy atom. The maximum absolute atomic E-state index is 12.9. The maximum Gasteiger partial charge on any atom is 0.326 e. The average Bonchev–Trinajstić information content (AvgIpc) is 2.63. The summed E-state index contributed by atoms with van der Waals surface area (Å²) in [6, 6.07) is -1.20. The van der Waals surface area contributed by atoms with Gasteiger partial charge < -0.3 is 26.0 Å². The van der Waals surface area contributed by atoms with Gasteiger partial charge in [0.25, 0.3) is 0 Å². The molecule has 10 heteroatoms. The molecule has 0 aliphatic carbocycles. The Hall–Kier alpha value is -3.17. The van der Waals surface area contributed by atoms with E-state index in [1.54, 1.807) is 27.7 Å². The van der Waals surface area contributed by atoms with Crippen LogP contribution in [0.15, 0.2) is 24.3 Å². The fourth-order valence-corrected chi connectivity index (χ4v) is 2.42. The van der Waals surface area contributed by atoms with Crippen LogP contribution in [0.1, 0.15) is 47.0 Å². The van der Waals surface area contributed by atoms with Gasteiger partial charge in [-0.15, -0.1) is 0 Å². The molecule has 0 aromatic rings. The molecule has 0 aliphatic rings. The SMILES string of the molecule is C=C(C)CC(=O)NC(CC(N)=O)C(=O)N(CCC)CC(=O)NCC(=O)OC(C)C(=C)C. The molecule has 0 fully saturated rings. The number of amides is 4. The summed E-state index contributed by atoms with van der Waals surface area (Å²) in [5.41, 5.74) is 6.45. The molecule has 4 amide bonds. The lowest BCUT2D eigenvalue weighted by Crippen LogP contribution is -2.52. The first kappa shape index (κ1) is 27.8. The minimum Gasteiger partial charge on any atom is -0.457 e. The molecule has 0 rings (SSSR count). The van der Waals surface area contributed by atoms with Crippen LogP contribution < -0.4 is 16.4 Å². The van der Waals surface area contributed by atoms with E-state index in [0.29, 0.717) is 17.6 Å². The first-order chi connectivity index (χ1) is 14.4. The molecule has 0 aromatic carbocycles. The number of nitrogens with one attached hydrogen (secondary N) is 2. The van der Waals surface area contributed by atoms with Crippen molar-refractivity contribution >= 4 is 29.6 Å². The molecule has 0 bridgehead atoms. The summed E-state index contributed by atoms with van der Waals surface area (Å²) < 4.78 is 5.08. The van der Waals surface area contributed by atoms with Gasteiger partial charge in [0.15, 0.2) is 0 Å². The van der Waals surface area contributed by atoms with E-state index in [2.05, 4.69) is 23.8 Å². The van der Waals surface area contributed by atoms with Gasteiger partial charge in [0.1, 0.15) is 18.7 Å². The number of ether oxygens (including phenoxy) is 1. The zero-order chi connectivity index (χ0) is 24.1. The van der Waals surface area contributed by atoms with Crippen molar-refractivity contribution in [3.63, 3.8) is 0 Å². The molecule has 0 heterocycles. The van der Waals surface area contributed by atoms with Crippen molar-refractivity contribution < 1.29 is 28.7 Å². The van der Waals surface area contributed by atoms with Crippen LogP contribution in [-0.4, -0.2) is 66.3 Å². The summed E-state index contributed by atoms with van der Waals surface area (Å²) in [4.78, 5) is 61.5. The Labute approximate surface area is 183 Å². The van der Waals surface area contributed by atoms with Gasteiger partial charge in [0, 0.05) is 13.0 Å². The van der Waals surface area contributed by atoms with Crippen LogP contribution in [0.4, 0.5) is 0 Å². The third-order valence-electron chi connectivity index (χ3n) is 4.07. The van der Waals surface area contributed by atoms with Gasteiger partial charge in [-0.25, -0.2) is 0 Å². The van der Waals surface area contributed by atoms with Crippen molar-refractivity contribution in [1.29, 1.82) is 0 Å². The second kappa shape index (κ2) is 13.9. The van der Waals surface area contributed by atoms with E-state index < -0.39 is 48.2 Å². The molecule has 0 aliphatic heterocycles. The summed E-state index contributed by atoms with van der Waals surface area (Å²) >= 11 is 0. The lowest BCUT2D eigenvalue weighted by atomic mass is 10.1. The summed E-state index contributed by atoms with van der Waals surface area (Å²) in [6.07, 6.45) is -0.380. The largest absolute Gasteiger partial charge is 0.457 e. The average molecular weight is 439 g/mol. The van der Waals surface area contributed by atoms with E-state index in [4.69, 9.17) is 10.5 Å². The Morgan fingerprint density at radius 3 is 2.19 bits per heavy atom. The maximum atomic E-state index is 12.9. The molecule has 174 valence electrons. The van der Waals surface area contributed by atoms with E-state index in [-0.39, 0.29) is 26.1 Å². The third-order valence-corrected chi connectivity index (χ3v) is 4.07. The van der Waals surface area contributed by atoms with Crippen molar-refractivity contribution in [2.24, 2.45) is 5.73 Å². The topological polar surface area (TPSA) is 148 Å². The second-order valence-corrected chi connectivity index (χ2v) is 7.44. The highest BCUT2D eigenvalue weighted by Crippen LogP contribution is 2.05. The molecule has 2 atom stereocenters. The van der Waals surface area contributed by atoms with Crippen LogP contribution in [0.25, 0.3) is 0 Å². The van der Waals surface area contributed by atoms with Gasteiger partial charge in [0.2, 0.25) is 23.6 Å². The molecule has 0 saturated heterocycles. The van der Waals surface area contributed by atoms with E-state index in [1.807, 2.05) is 0 Å². The van der Waals surface area contributed by atoms with E-state index >= 15 is 0 Å². The lowest BCUT2D eigenvalue weighted by molar-refractivity contribution is -0.147. The molecule has 0 aromatic heterocycles. The lowest BCUT2D eigenvalue weighted by Gasteiger charge is -2.27. The molecule has 0 spiro atoms. The molecular formula is C21H34N4O6. The fourth-order valence-electron chi connectivity index (χ4n) is 2.42. The Balaban J connectivity index is 5.07. The molecule has 31 heavy (non-hydrogen) atoms. The van der Waals surface area contributed by atoms with E-state index in [9.17, 15) is 24.0 Å². The van der Waals surface area contributed by atoms with Crippen molar-refractivity contribution in [3.05, 3.63) is 24.3 Å². The van der Waals surface area contributed by atoms with Crippen LogP contribution in [0.5, 0.6) is 0 Å². The summed E-state index contributed by atoms with van der Waals surface area (Å²) in [7, 11) is 0. The highest BCUT2D eigenvalue weighted by molar-refractivity contribution is 5.94. The highest BCUT2D eigenvalue weighted by Gasteiger charge is 2.28. The van der Waals surface area contributed by atoms with Crippen molar-refractivity contribution in [2.75, 3.05) is 19.6 Å². The predicted molar refractivity (Wildman–Crippen MR) is 115 cm³/mol. The minimum absolute atomic E-state index is 0.0124. The number of hydrogen-bond acceptors (Lipinski definition) is 6. The van der Waals surface area contributed by atoms with Crippen molar-refractivity contribution in [2.45, 2.75) is 59.1 Å². The van der Waals surface area contributed by atoms with Gasteiger partial charge in [-0.1, -0.05) is 25.7 Å². The number of carbonyl (C=O) groups is 5. The molecule has 10 nitrogen and oxygen atoms in total. The summed E-state index contributed by atoms with van der Waals surface area (Å²) in [5, 5.41) is 4.86. The zero-order valence-corrected chi connectivity index (χ0v) is 18.8. The third kappa shape index (κ3) is 12.2. The van der Waals surface area contributed by atoms with Gasteiger partial charge in [-0.3, -0.25) is 24.0 Å². The Bertz CT molecular complexity index is 719. The minimum atomic E-state index is -1.20. The van der Waals surface area contributed by atoms with Crippen molar-refractivity contribution in [3.8, 4) is 0 Å². The number of nitrogens with two attached hydrogens (primary N) is 1. The number of rotatable bonds is 14. The predicted octanol–water partition coefficient (Wildman–Crippen LogP) is 0.175. The van der Waals surface area contributed by atoms with Crippen LogP contribution >= 0.6 is 0 Å². The van der Waals surface area contributed by atoms with Crippen molar-refractivity contribution in [1.82, 2.24) is 15.5 Å². The highest BCUT2D eigenvalue weighted by atomic mass is 16.5. The quantitative estimate of drug-likeness (QED) is 0.260. The van der Waals surface area contributed by atoms with Gasteiger partial charge >= 0.3 is 5.97 Å². The van der Waals surface area contributed by atoms with Gasteiger partial charge in [-0.05, 0) is 32.8 Å². The normalized spacial score (nSPS) is 12.1. The van der Waals surface area contributed by atoms with E-state index in [1.165, 1.54) is 4.90 Å². The van der Waals surface area contributed by atoms with Crippen LogP contribution in [0, 0.1) is 0 Å². The van der Waals surface area contributed by atoms with E-state index in [0.717, 1.165) is 0 Å². The molecule has 0 radical (unpaired) electrons. The standard InChI is InChI=1S/C21H34N4O6/c1-7-8-25(12-19(28)23-11-20(29)31-15(6)14(4)5)21(30)16(10-17(22)26)24-18(27)9-13(2)3/h15-16H,2,4,7-12H2,1,3,5-6H3,(H2,22,26)(H,23,28)(H,24,27).